The molecule has 1 rings (SSSR count). The average molecular weight is 198 g/mol. The number of nitrogens with one attached hydrogen (secondary N) is 1. The Kier molecular flexibility index (Phi) is 3.89. The monoisotopic (exact) mass is 198 g/mol. The third-order valence-corrected chi connectivity index (χ3v) is 2.57. The van der Waals surface area contributed by atoms with Gasteiger partial charge in [-0.05, 0) is 13.3 Å². The van der Waals surface area contributed by atoms with Crippen molar-refractivity contribution in [2.45, 2.75) is 26.7 Å². The molecule has 0 aliphatic rings. The third kappa shape index (κ3) is 3.14. The van der Waals surface area contributed by atoms with E-state index in [1.807, 2.05) is 6.92 Å². The largest absolute Gasteiger partial charge is 0.351 e. The van der Waals surface area contributed by atoms with Gasteiger partial charge in [0.2, 0.25) is 0 Å². The van der Waals surface area contributed by atoms with Gasteiger partial charge in [0, 0.05) is 6.54 Å². The summed E-state index contributed by atoms with van der Waals surface area (Å²) in [5.41, 5.74) is 0. The number of amides is 1. The maximum atomic E-state index is 11.4. The van der Waals surface area contributed by atoms with Gasteiger partial charge in [-0.25, -0.2) is 4.98 Å². The van der Waals surface area contributed by atoms with Crippen LogP contribution >= 0.6 is 11.3 Å². The highest BCUT2D eigenvalue weighted by atomic mass is 32.1. The van der Waals surface area contributed by atoms with E-state index < -0.39 is 0 Å². The van der Waals surface area contributed by atoms with Crippen LogP contribution in [0.25, 0.3) is 0 Å². The van der Waals surface area contributed by atoms with Crippen molar-refractivity contribution in [1.82, 2.24) is 10.3 Å². The van der Waals surface area contributed by atoms with E-state index in [1.54, 1.807) is 6.20 Å². The van der Waals surface area contributed by atoms with Crippen molar-refractivity contribution in [3.63, 3.8) is 0 Å². The summed E-state index contributed by atoms with van der Waals surface area (Å²) in [5, 5.41) is 3.78. The van der Waals surface area contributed by atoms with E-state index in [0.29, 0.717) is 4.88 Å². The van der Waals surface area contributed by atoms with Gasteiger partial charge in [-0.1, -0.05) is 13.3 Å². The Hall–Kier alpha value is -0.900. The van der Waals surface area contributed by atoms with Crippen LogP contribution in [0, 0.1) is 6.92 Å². The van der Waals surface area contributed by atoms with Crippen molar-refractivity contribution in [2.75, 3.05) is 6.54 Å². The van der Waals surface area contributed by atoms with Crippen LogP contribution in [0.3, 0.4) is 0 Å². The first-order valence-corrected chi connectivity index (χ1v) is 5.26. The second kappa shape index (κ2) is 4.97. The van der Waals surface area contributed by atoms with Crippen molar-refractivity contribution in [3.05, 3.63) is 16.1 Å². The molecule has 1 N–H and O–H groups in total. The number of carbonyl (C=O) groups is 1. The predicted molar refractivity (Wildman–Crippen MR) is 54.1 cm³/mol. The Morgan fingerprint density at radius 1 is 1.69 bits per heavy atom. The van der Waals surface area contributed by atoms with E-state index >= 15 is 0 Å². The van der Waals surface area contributed by atoms with Gasteiger partial charge in [0.1, 0.15) is 4.88 Å². The fraction of sp³-hybridized carbons (Fsp3) is 0.556. The fourth-order valence-electron chi connectivity index (χ4n) is 0.932. The molecule has 0 saturated heterocycles. The number of hydrogen-bond donors (Lipinski definition) is 1. The zero-order valence-electron chi connectivity index (χ0n) is 7.96. The molecule has 0 aliphatic carbocycles. The van der Waals surface area contributed by atoms with Gasteiger partial charge in [-0.3, -0.25) is 4.79 Å². The summed E-state index contributed by atoms with van der Waals surface area (Å²) in [7, 11) is 0. The molecule has 1 amide bonds. The van der Waals surface area contributed by atoms with Gasteiger partial charge in [-0.2, -0.15) is 0 Å². The van der Waals surface area contributed by atoms with Crippen molar-refractivity contribution < 1.29 is 4.79 Å². The van der Waals surface area contributed by atoms with Gasteiger partial charge in [0.15, 0.2) is 0 Å². The second-order valence-electron chi connectivity index (χ2n) is 2.85. The average Bonchev–Trinajstić information content (AvgIpc) is 2.52. The molecule has 1 heterocycles. The molecule has 0 radical (unpaired) electrons. The number of rotatable bonds is 4. The molecule has 0 unspecified atom stereocenters. The molecular weight excluding hydrogens is 184 g/mol. The highest BCUT2D eigenvalue weighted by Gasteiger charge is 2.06. The second-order valence-corrected chi connectivity index (χ2v) is 4.09. The number of unbranched alkanes of at least 4 members (excludes halogenated alkanes) is 1. The topological polar surface area (TPSA) is 42.0 Å². The number of nitrogens with zero attached hydrogens (tertiary/aromatic N) is 1. The minimum Gasteiger partial charge on any atom is -0.351 e. The predicted octanol–water partition coefficient (Wildman–Crippen LogP) is 1.98. The van der Waals surface area contributed by atoms with Crippen LogP contribution in [0.1, 0.15) is 34.4 Å². The van der Waals surface area contributed by atoms with Crippen LogP contribution in [-0.2, 0) is 0 Å². The minimum absolute atomic E-state index is 0.000880. The van der Waals surface area contributed by atoms with Crippen LogP contribution in [-0.4, -0.2) is 17.4 Å². The Morgan fingerprint density at radius 3 is 3.00 bits per heavy atom. The normalized spacial score (nSPS) is 10.0. The SMILES string of the molecule is CCCCNC(=O)c1cnc(C)s1. The number of hydrogen-bond acceptors (Lipinski definition) is 3. The zero-order chi connectivity index (χ0) is 9.68. The number of carbonyl (C=O) groups excluding carboxylic acids is 1. The Bertz CT molecular complexity index is 283. The van der Waals surface area contributed by atoms with E-state index in [0.717, 1.165) is 24.4 Å². The summed E-state index contributed by atoms with van der Waals surface area (Å²) < 4.78 is 0. The molecule has 0 fully saturated rings. The highest BCUT2D eigenvalue weighted by molar-refractivity contribution is 7.13. The van der Waals surface area contributed by atoms with E-state index in [9.17, 15) is 4.79 Å². The van der Waals surface area contributed by atoms with Crippen molar-refractivity contribution in [1.29, 1.82) is 0 Å². The van der Waals surface area contributed by atoms with E-state index in [1.165, 1.54) is 11.3 Å². The van der Waals surface area contributed by atoms with Crippen molar-refractivity contribution in [3.8, 4) is 0 Å². The molecule has 72 valence electrons. The molecule has 0 aliphatic heterocycles. The van der Waals surface area contributed by atoms with E-state index in [4.69, 9.17) is 0 Å². The maximum Gasteiger partial charge on any atom is 0.263 e. The van der Waals surface area contributed by atoms with Crippen LogP contribution < -0.4 is 5.32 Å². The summed E-state index contributed by atoms with van der Waals surface area (Å²) >= 11 is 1.43. The molecule has 4 heteroatoms. The molecular formula is C9H14N2OS. The van der Waals surface area contributed by atoms with Gasteiger partial charge in [-0.15, -0.1) is 11.3 Å². The van der Waals surface area contributed by atoms with Crippen LogP contribution in [0.5, 0.6) is 0 Å². The summed E-state index contributed by atoms with van der Waals surface area (Å²) in [5.74, 6) is -0.000880. The molecule has 0 saturated carbocycles. The number of thiazole rings is 1. The van der Waals surface area contributed by atoms with E-state index in [2.05, 4.69) is 17.2 Å². The first-order chi connectivity index (χ1) is 6.24. The Labute approximate surface area is 82.2 Å². The van der Waals surface area contributed by atoms with Crippen LogP contribution in [0.15, 0.2) is 6.20 Å². The van der Waals surface area contributed by atoms with Crippen LogP contribution in [0.2, 0.25) is 0 Å². The van der Waals surface area contributed by atoms with E-state index in [-0.39, 0.29) is 5.91 Å². The first kappa shape index (κ1) is 10.2. The standard InChI is InChI=1S/C9H14N2OS/c1-3-4-5-10-9(12)8-6-11-7(2)13-8/h6H,3-5H2,1-2H3,(H,10,12). The molecule has 1 aromatic rings. The first-order valence-electron chi connectivity index (χ1n) is 4.44. The lowest BCUT2D eigenvalue weighted by Gasteiger charge is -2.00. The molecule has 13 heavy (non-hydrogen) atoms. The van der Waals surface area contributed by atoms with Gasteiger partial charge >= 0.3 is 0 Å². The maximum absolute atomic E-state index is 11.4. The quantitative estimate of drug-likeness (QED) is 0.752. The fourth-order valence-corrected chi connectivity index (χ4v) is 1.63. The van der Waals surface area contributed by atoms with Crippen molar-refractivity contribution in [2.24, 2.45) is 0 Å². The molecule has 0 spiro atoms. The third-order valence-electron chi connectivity index (χ3n) is 1.66. The summed E-state index contributed by atoms with van der Waals surface area (Å²) in [6.07, 6.45) is 3.76. The lowest BCUT2D eigenvalue weighted by Crippen LogP contribution is -2.23. The zero-order valence-corrected chi connectivity index (χ0v) is 8.78. The molecule has 0 atom stereocenters. The smallest absolute Gasteiger partial charge is 0.263 e. The number of aryl methyl sites for hydroxylation is 1. The van der Waals surface area contributed by atoms with Gasteiger partial charge in [0.05, 0.1) is 11.2 Å². The summed E-state index contributed by atoms with van der Waals surface area (Å²) in [4.78, 5) is 16.1. The lowest BCUT2D eigenvalue weighted by atomic mass is 10.3. The molecule has 0 aromatic carbocycles. The molecule has 3 nitrogen and oxygen atoms in total. The lowest BCUT2D eigenvalue weighted by molar-refractivity contribution is 0.0957. The van der Waals surface area contributed by atoms with Crippen LogP contribution in [0.4, 0.5) is 0 Å². The minimum atomic E-state index is -0.000880. The van der Waals surface area contributed by atoms with Gasteiger partial charge < -0.3 is 5.32 Å². The number of aromatic nitrogens is 1. The summed E-state index contributed by atoms with van der Waals surface area (Å²) in [6.45, 7) is 4.75. The Balaban J connectivity index is 2.40. The highest BCUT2D eigenvalue weighted by Crippen LogP contribution is 2.10. The van der Waals surface area contributed by atoms with Gasteiger partial charge in [0.25, 0.3) is 5.91 Å². The van der Waals surface area contributed by atoms with Crippen molar-refractivity contribution >= 4 is 17.2 Å². The molecule has 0 bridgehead atoms. The Morgan fingerprint density at radius 2 is 2.46 bits per heavy atom. The summed E-state index contributed by atoms with van der Waals surface area (Å²) in [6, 6.07) is 0. The molecule has 1 aromatic heterocycles.